The maximum atomic E-state index is 12.6. The van der Waals surface area contributed by atoms with Crippen molar-refractivity contribution in [1.29, 1.82) is 0 Å². The molecule has 2 aromatic rings. The molecule has 0 aliphatic heterocycles. The van der Waals surface area contributed by atoms with Crippen molar-refractivity contribution in [2.75, 3.05) is 31.3 Å². The highest BCUT2D eigenvalue weighted by atomic mass is 32.2. The van der Waals surface area contributed by atoms with E-state index < -0.39 is 16.1 Å². The third-order valence-electron chi connectivity index (χ3n) is 4.51. The number of amides is 1. The summed E-state index contributed by atoms with van der Waals surface area (Å²) < 4.78 is 36.3. The average Bonchev–Trinajstić information content (AvgIpc) is 2.66. The van der Waals surface area contributed by atoms with Crippen LogP contribution in [0.25, 0.3) is 0 Å². The topological polar surface area (TPSA) is 84.9 Å². The van der Waals surface area contributed by atoms with Crippen LogP contribution in [0.5, 0.6) is 11.5 Å². The highest BCUT2D eigenvalue weighted by molar-refractivity contribution is 7.92. The van der Waals surface area contributed by atoms with E-state index in [9.17, 15) is 13.2 Å². The molecule has 0 spiro atoms. The van der Waals surface area contributed by atoms with Gasteiger partial charge in [-0.05, 0) is 55.7 Å². The smallest absolute Gasteiger partial charge is 0.243 e. The average molecular weight is 421 g/mol. The minimum Gasteiger partial charge on any atom is -0.493 e. The number of aryl methyl sites for hydroxylation is 1. The van der Waals surface area contributed by atoms with Crippen LogP contribution >= 0.6 is 0 Å². The summed E-state index contributed by atoms with van der Waals surface area (Å²) >= 11 is 0. The van der Waals surface area contributed by atoms with Crippen molar-refractivity contribution in [3.63, 3.8) is 0 Å². The lowest BCUT2D eigenvalue weighted by Gasteiger charge is -2.28. The van der Waals surface area contributed by atoms with Gasteiger partial charge in [-0.2, -0.15) is 0 Å². The molecule has 0 fully saturated rings. The van der Waals surface area contributed by atoms with Gasteiger partial charge in [-0.1, -0.05) is 18.2 Å². The van der Waals surface area contributed by atoms with E-state index in [1.54, 1.807) is 39.3 Å². The largest absolute Gasteiger partial charge is 0.493 e. The van der Waals surface area contributed by atoms with E-state index >= 15 is 0 Å². The van der Waals surface area contributed by atoms with Crippen LogP contribution in [0.15, 0.2) is 42.5 Å². The van der Waals surface area contributed by atoms with Crippen molar-refractivity contribution >= 4 is 21.6 Å². The Labute approximate surface area is 172 Å². The highest BCUT2D eigenvalue weighted by Crippen LogP contribution is 2.27. The highest BCUT2D eigenvalue weighted by Gasteiger charge is 2.28. The predicted molar refractivity (Wildman–Crippen MR) is 114 cm³/mol. The first-order chi connectivity index (χ1) is 13.7. The molecule has 7 nitrogen and oxygen atoms in total. The van der Waals surface area contributed by atoms with Crippen molar-refractivity contribution < 1.29 is 22.7 Å². The molecular formula is C21H28N2O5S. The maximum Gasteiger partial charge on any atom is 0.243 e. The Morgan fingerprint density at radius 3 is 2.38 bits per heavy atom. The molecule has 0 saturated heterocycles. The zero-order chi connectivity index (χ0) is 21.6. The van der Waals surface area contributed by atoms with Crippen molar-refractivity contribution in [2.24, 2.45) is 0 Å². The molecule has 0 aliphatic carbocycles. The van der Waals surface area contributed by atoms with Gasteiger partial charge in [-0.3, -0.25) is 9.10 Å². The fourth-order valence-electron chi connectivity index (χ4n) is 3.09. The molecule has 0 radical (unpaired) electrons. The van der Waals surface area contributed by atoms with E-state index in [0.29, 0.717) is 30.2 Å². The summed E-state index contributed by atoms with van der Waals surface area (Å²) in [5.74, 6) is 0.889. The number of hydrogen-bond acceptors (Lipinski definition) is 5. The summed E-state index contributed by atoms with van der Waals surface area (Å²) in [5, 5.41) is 2.82. The van der Waals surface area contributed by atoms with Crippen LogP contribution in [0.4, 0.5) is 5.69 Å². The zero-order valence-electron chi connectivity index (χ0n) is 17.4. The third kappa shape index (κ3) is 5.87. The van der Waals surface area contributed by atoms with Gasteiger partial charge in [0.05, 0.1) is 26.2 Å². The first kappa shape index (κ1) is 22.5. The van der Waals surface area contributed by atoms with Gasteiger partial charge in [0.25, 0.3) is 0 Å². The lowest BCUT2D eigenvalue weighted by molar-refractivity contribution is -0.121. The second kappa shape index (κ2) is 9.65. The summed E-state index contributed by atoms with van der Waals surface area (Å²) in [5.41, 5.74) is 2.35. The number of nitrogens with one attached hydrogen (secondary N) is 1. The number of benzene rings is 2. The Bertz CT molecular complexity index is 959. The fourth-order valence-corrected chi connectivity index (χ4v) is 4.25. The minimum atomic E-state index is -3.63. The number of hydrogen-bond donors (Lipinski definition) is 1. The number of ether oxygens (including phenoxy) is 2. The standard InChI is InChI=1S/C21H28N2O5S/c1-15-7-6-8-18(13-15)23(29(5,25)26)16(2)21(24)22-12-11-17-9-10-19(27-3)20(14-17)28-4/h6-10,13-14,16H,11-12H2,1-5H3,(H,22,24)/t16-/m1/s1. The molecule has 2 rings (SSSR count). The van der Waals surface area contributed by atoms with Gasteiger partial charge in [0.1, 0.15) is 6.04 Å². The fraction of sp³-hybridized carbons (Fsp3) is 0.381. The van der Waals surface area contributed by atoms with Crippen LogP contribution in [-0.4, -0.2) is 47.4 Å². The van der Waals surface area contributed by atoms with Crippen LogP contribution in [-0.2, 0) is 21.2 Å². The predicted octanol–water partition coefficient (Wildman–Crippen LogP) is 2.53. The van der Waals surface area contributed by atoms with E-state index in [1.807, 2.05) is 31.2 Å². The van der Waals surface area contributed by atoms with Gasteiger partial charge in [-0.25, -0.2) is 8.42 Å². The number of rotatable bonds is 9. The number of carbonyl (C=O) groups is 1. The third-order valence-corrected chi connectivity index (χ3v) is 5.75. The van der Waals surface area contributed by atoms with Crippen molar-refractivity contribution in [3.8, 4) is 11.5 Å². The molecule has 0 aromatic heterocycles. The van der Waals surface area contributed by atoms with E-state index in [-0.39, 0.29) is 5.91 Å². The number of anilines is 1. The Kier molecular flexibility index (Phi) is 7.50. The summed E-state index contributed by atoms with van der Waals surface area (Å²) in [4.78, 5) is 12.6. The molecule has 1 atom stereocenters. The van der Waals surface area contributed by atoms with Crippen molar-refractivity contribution in [3.05, 3.63) is 53.6 Å². The maximum absolute atomic E-state index is 12.6. The lowest BCUT2D eigenvalue weighted by Crippen LogP contribution is -2.48. The Hall–Kier alpha value is -2.74. The van der Waals surface area contributed by atoms with Crippen molar-refractivity contribution in [2.45, 2.75) is 26.3 Å². The summed E-state index contributed by atoms with van der Waals surface area (Å²) in [6.45, 7) is 3.82. The molecule has 0 unspecified atom stereocenters. The van der Waals surface area contributed by atoms with Gasteiger partial charge < -0.3 is 14.8 Å². The Morgan fingerprint density at radius 1 is 1.10 bits per heavy atom. The monoisotopic (exact) mass is 420 g/mol. The minimum absolute atomic E-state index is 0.364. The molecule has 158 valence electrons. The van der Waals surface area contributed by atoms with Crippen LogP contribution in [0, 0.1) is 6.92 Å². The number of nitrogens with zero attached hydrogens (tertiary/aromatic N) is 1. The molecule has 1 N–H and O–H groups in total. The molecule has 0 heterocycles. The quantitative estimate of drug-likeness (QED) is 0.674. The van der Waals surface area contributed by atoms with Gasteiger partial charge in [0, 0.05) is 6.54 Å². The van der Waals surface area contributed by atoms with E-state index in [2.05, 4.69) is 5.32 Å². The molecule has 0 bridgehead atoms. The van der Waals surface area contributed by atoms with Crippen LogP contribution in [0.3, 0.4) is 0 Å². The van der Waals surface area contributed by atoms with Crippen LogP contribution in [0.2, 0.25) is 0 Å². The first-order valence-corrected chi connectivity index (χ1v) is 11.1. The molecule has 29 heavy (non-hydrogen) atoms. The SMILES string of the molecule is COc1ccc(CCNC(=O)[C@@H](C)N(c2cccc(C)c2)S(C)(=O)=O)cc1OC. The molecular weight excluding hydrogens is 392 g/mol. The second-order valence-corrected chi connectivity index (χ2v) is 8.66. The van der Waals surface area contributed by atoms with E-state index in [0.717, 1.165) is 21.7 Å². The number of sulfonamides is 1. The first-order valence-electron chi connectivity index (χ1n) is 9.22. The zero-order valence-corrected chi connectivity index (χ0v) is 18.2. The van der Waals surface area contributed by atoms with Crippen molar-refractivity contribution in [1.82, 2.24) is 5.32 Å². The van der Waals surface area contributed by atoms with Gasteiger partial charge >= 0.3 is 0 Å². The second-order valence-electron chi connectivity index (χ2n) is 6.80. The van der Waals surface area contributed by atoms with Gasteiger partial charge in [0.2, 0.25) is 15.9 Å². The Balaban J connectivity index is 2.07. The summed E-state index contributed by atoms with van der Waals surface area (Å²) in [6.07, 6.45) is 1.67. The molecule has 1 amide bonds. The van der Waals surface area contributed by atoms with E-state index in [1.165, 1.54) is 0 Å². The van der Waals surface area contributed by atoms with Crippen LogP contribution in [0.1, 0.15) is 18.1 Å². The lowest BCUT2D eigenvalue weighted by atomic mass is 10.1. The van der Waals surface area contributed by atoms with Crippen LogP contribution < -0.4 is 19.1 Å². The normalized spacial score (nSPS) is 12.2. The number of methoxy groups -OCH3 is 2. The number of carbonyl (C=O) groups excluding carboxylic acids is 1. The molecule has 0 aliphatic rings. The van der Waals surface area contributed by atoms with Gasteiger partial charge in [0.15, 0.2) is 11.5 Å². The van der Waals surface area contributed by atoms with E-state index in [4.69, 9.17) is 9.47 Å². The molecule has 0 saturated carbocycles. The molecule has 2 aromatic carbocycles. The van der Waals surface area contributed by atoms with Gasteiger partial charge in [-0.15, -0.1) is 0 Å². The molecule has 8 heteroatoms. The Morgan fingerprint density at radius 2 is 1.79 bits per heavy atom. The summed E-state index contributed by atoms with van der Waals surface area (Å²) in [7, 11) is -0.495. The summed E-state index contributed by atoms with van der Waals surface area (Å²) in [6, 6.07) is 11.7.